The molecule has 0 aromatic heterocycles. The van der Waals surface area contributed by atoms with Crippen LogP contribution in [0.25, 0.3) is 0 Å². The molecule has 0 spiro atoms. The summed E-state index contributed by atoms with van der Waals surface area (Å²) in [5.41, 5.74) is 2.36. The van der Waals surface area contributed by atoms with Crippen molar-refractivity contribution in [1.29, 1.82) is 0 Å². The van der Waals surface area contributed by atoms with Gasteiger partial charge < -0.3 is 0 Å². The quantitative estimate of drug-likeness (QED) is 0.564. The van der Waals surface area contributed by atoms with Crippen molar-refractivity contribution in [3.63, 3.8) is 0 Å². The van der Waals surface area contributed by atoms with Gasteiger partial charge in [-0.1, -0.05) is 24.3 Å². The van der Waals surface area contributed by atoms with Gasteiger partial charge in [-0.2, -0.15) is 0 Å². The molecule has 1 radical (unpaired) electrons. The maximum atomic E-state index is 4.47. The second-order valence-electron chi connectivity index (χ2n) is 2.69. The van der Waals surface area contributed by atoms with Crippen LogP contribution in [0.15, 0.2) is 47.9 Å². The molecular formula is C10H10N. The Bertz CT molecular complexity index is 239. The average molecular weight is 144 g/mol. The van der Waals surface area contributed by atoms with E-state index in [-0.39, 0.29) is 0 Å². The van der Waals surface area contributed by atoms with Crippen LogP contribution >= 0.6 is 0 Å². The normalized spacial score (nSPS) is 20.4. The fraction of sp³-hybridized carbons (Fsp3) is 0.200. The summed E-state index contributed by atoms with van der Waals surface area (Å²) < 4.78 is 0. The van der Waals surface area contributed by atoms with Crippen LogP contribution in [0, 0.1) is 0 Å². The molecule has 1 nitrogen and oxygen atoms in total. The van der Waals surface area contributed by atoms with Crippen molar-refractivity contribution in [2.24, 2.45) is 0 Å². The summed E-state index contributed by atoms with van der Waals surface area (Å²) in [4.78, 5) is 0. The van der Waals surface area contributed by atoms with Crippen molar-refractivity contribution in [3.8, 4) is 0 Å². The Hall–Kier alpha value is -1.24. The van der Waals surface area contributed by atoms with Crippen molar-refractivity contribution < 1.29 is 0 Å². The lowest BCUT2D eigenvalue weighted by Gasteiger charge is -2.02. The highest BCUT2D eigenvalue weighted by atomic mass is 14.9. The van der Waals surface area contributed by atoms with Crippen LogP contribution in [-0.2, 0) is 0 Å². The Morgan fingerprint density at radius 1 is 0.909 bits per heavy atom. The molecule has 0 aromatic rings. The summed E-state index contributed by atoms with van der Waals surface area (Å²) in [6, 6.07) is 0. The van der Waals surface area contributed by atoms with Gasteiger partial charge >= 0.3 is 0 Å². The van der Waals surface area contributed by atoms with Crippen LogP contribution in [0.2, 0.25) is 0 Å². The van der Waals surface area contributed by atoms with Gasteiger partial charge in [0.05, 0.1) is 0 Å². The Morgan fingerprint density at radius 3 is 1.82 bits per heavy atom. The van der Waals surface area contributed by atoms with Gasteiger partial charge in [0.25, 0.3) is 0 Å². The zero-order valence-electron chi connectivity index (χ0n) is 6.33. The molecule has 0 bridgehead atoms. The van der Waals surface area contributed by atoms with Gasteiger partial charge in [0.15, 0.2) is 0 Å². The molecule has 2 rings (SSSR count). The predicted octanol–water partition coefficient (Wildman–Crippen LogP) is 2.28. The summed E-state index contributed by atoms with van der Waals surface area (Å²) in [5.74, 6) is 0. The van der Waals surface area contributed by atoms with Gasteiger partial charge in [-0.25, -0.2) is 0 Å². The van der Waals surface area contributed by atoms with Crippen LogP contribution in [0.1, 0.15) is 12.8 Å². The van der Waals surface area contributed by atoms with Gasteiger partial charge in [0.1, 0.15) is 0 Å². The van der Waals surface area contributed by atoms with E-state index in [4.69, 9.17) is 0 Å². The minimum atomic E-state index is 0.997. The highest BCUT2D eigenvalue weighted by molar-refractivity contribution is 5.29. The van der Waals surface area contributed by atoms with E-state index in [1.807, 2.05) is 0 Å². The van der Waals surface area contributed by atoms with Crippen LogP contribution in [0.4, 0.5) is 0 Å². The van der Waals surface area contributed by atoms with E-state index >= 15 is 0 Å². The Labute approximate surface area is 66.8 Å². The second kappa shape index (κ2) is 2.79. The molecule has 0 heterocycles. The Balaban J connectivity index is 1.91. The minimum absolute atomic E-state index is 0.997. The maximum absolute atomic E-state index is 4.47. The SMILES string of the molecule is C1=CCC([N]C2=CC=CC2)=C1. The predicted molar refractivity (Wildman–Crippen MR) is 45.8 cm³/mol. The molecule has 2 aliphatic rings. The molecule has 0 aliphatic heterocycles. The molecule has 0 amide bonds. The van der Waals surface area contributed by atoms with Crippen molar-refractivity contribution in [1.82, 2.24) is 5.32 Å². The lowest BCUT2D eigenvalue weighted by atomic mass is 10.3. The zero-order valence-corrected chi connectivity index (χ0v) is 6.33. The summed E-state index contributed by atoms with van der Waals surface area (Å²) in [6.45, 7) is 0. The Morgan fingerprint density at radius 2 is 1.45 bits per heavy atom. The van der Waals surface area contributed by atoms with E-state index in [2.05, 4.69) is 41.8 Å². The minimum Gasteiger partial charge on any atom is -0.257 e. The first kappa shape index (κ1) is 6.47. The highest BCUT2D eigenvalue weighted by Gasteiger charge is 2.04. The van der Waals surface area contributed by atoms with Gasteiger partial charge in [0.2, 0.25) is 0 Å². The molecule has 2 aliphatic carbocycles. The third-order valence-electron chi connectivity index (χ3n) is 1.79. The second-order valence-corrected chi connectivity index (χ2v) is 2.69. The van der Waals surface area contributed by atoms with Gasteiger partial charge in [0, 0.05) is 24.2 Å². The summed E-state index contributed by atoms with van der Waals surface area (Å²) >= 11 is 0. The Kier molecular flexibility index (Phi) is 1.64. The number of nitrogens with zero attached hydrogens (tertiary/aromatic N) is 1. The summed E-state index contributed by atoms with van der Waals surface area (Å²) in [5, 5.41) is 4.47. The molecule has 0 unspecified atom stereocenters. The van der Waals surface area contributed by atoms with E-state index in [9.17, 15) is 0 Å². The molecular weight excluding hydrogens is 134 g/mol. The third-order valence-corrected chi connectivity index (χ3v) is 1.79. The molecule has 0 fully saturated rings. The highest BCUT2D eigenvalue weighted by Crippen LogP contribution is 2.15. The monoisotopic (exact) mass is 144 g/mol. The van der Waals surface area contributed by atoms with E-state index in [1.165, 1.54) is 11.4 Å². The molecule has 55 valence electrons. The van der Waals surface area contributed by atoms with E-state index in [0.717, 1.165) is 12.8 Å². The van der Waals surface area contributed by atoms with Crippen LogP contribution in [0.3, 0.4) is 0 Å². The van der Waals surface area contributed by atoms with Crippen LogP contribution < -0.4 is 5.32 Å². The molecule has 1 heteroatoms. The van der Waals surface area contributed by atoms with E-state index in [0.29, 0.717) is 0 Å². The van der Waals surface area contributed by atoms with Crippen molar-refractivity contribution in [3.05, 3.63) is 47.9 Å². The fourth-order valence-electron chi connectivity index (χ4n) is 1.22. The lowest BCUT2D eigenvalue weighted by Crippen LogP contribution is -2.00. The lowest BCUT2D eigenvalue weighted by molar-refractivity contribution is 0.895. The fourth-order valence-corrected chi connectivity index (χ4v) is 1.22. The number of allylic oxidation sites excluding steroid dienone is 6. The van der Waals surface area contributed by atoms with Crippen LogP contribution in [-0.4, -0.2) is 0 Å². The molecule has 0 atom stereocenters. The summed E-state index contributed by atoms with van der Waals surface area (Å²) in [7, 11) is 0. The molecule has 0 N–H and O–H groups in total. The summed E-state index contributed by atoms with van der Waals surface area (Å²) in [6.07, 6.45) is 14.5. The first-order valence-corrected chi connectivity index (χ1v) is 3.88. The van der Waals surface area contributed by atoms with Crippen molar-refractivity contribution in [2.75, 3.05) is 0 Å². The first-order chi connectivity index (χ1) is 5.45. The standard InChI is InChI=1S/C10H10N/c1-2-6-9(5-1)11-10-7-3-4-8-10/h1-5,7H,6,8H2. The van der Waals surface area contributed by atoms with Gasteiger partial charge in [-0.3, -0.25) is 5.32 Å². The van der Waals surface area contributed by atoms with Gasteiger partial charge in [-0.15, -0.1) is 0 Å². The topological polar surface area (TPSA) is 14.1 Å². The molecule has 11 heavy (non-hydrogen) atoms. The van der Waals surface area contributed by atoms with E-state index < -0.39 is 0 Å². The average Bonchev–Trinajstić information content (AvgIpc) is 2.60. The smallest absolute Gasteiger partial charge is 0.0444 e. The number of hydrogen-bond donors (Lipinski definition) is 0. The first-order valence-electron chi connectivity index (χ1n) is 3.88. The van der Waals surface area contributed by atoms with Gasteiger partial charge in [-0.05, 0) is 12.2 Å². The van der Waals surface area contributed by atoms with Crippen molar-refractivity contribution in [2.45, 2.75) is 12.8 Å². The molecule has 0 saturated carbocycles. The number of hydrogen-bond acceptors (Lipinski definition) is 0. The molecule has 0 aromatic carbocycles. The van der Waals surface area contributed by atoms with Crippen molar-refractivity contribution >= 4 is 0 Å². The van der Waals surface area contributed by atoms with E-state index in [1.54, 1.807) is 0 Å². The third kappa shape index (κ3) is 1.43. The maximum Gasteiger partial charge on any atom is 0.0444 e. The number of rotatable bonds is 2. The molecule has 0 saturated heterocycles. The van der Waals surface area contributed by atoms with Crippen LogP contribution in [0.5, 0.6) is 0 Å². The zero-order chi connectivity index (χ0) is 7.52. The largest absolute Gasteiger partial charge is 0.257 e.